The molecule has 0 bridgehead atoms. The molecule has 5 heteroatoms. The fourth-order valence-electron chi connectivity index (χ4n) is 0.753. The van der Waals surface area contributed by atoms with Gasteiger partial charge in [0.15, 0.2) is 0 Å². The number of rotatable bonds is 1. The molecule has 0 aliphatic carbocycles. The number of carbonyl (C=O) groups is 1. The Balaban J connectivity index is 3.43. The molecule has 0 aliphatic rings. The van der Waals surface area contributed by atoms with Gasteiger partial charge in [-0.1, -0.05) is 0 Å². The molecule has 1 amide bonds. The molecule has 0 radical (unpaired) electrons. The average molecular weight is 283 g/mol. The number of hydrogen-bond acceptors (Lipinski definition) is 1. The molecule has 0 saturated heterocycles. The molecule has 0 saturated carbocycles. The highest BCUT2D eigenvalue weighted by molar-refractivity contribution is 14.1. The van der Waals surface area contributed by atoms with E-state index in [1.807, 2.05) is 0 Å². The largest absolute Gasteiger partial charge is 0.365 e. The van der Waals surface area contributed by atoms with Gasteiger partial charge in [-0.3, -0.25) is 4.79 Å². The number of carbonyl (C=O) groups excluding carboxylic acids is 1. The molecular weight excluding hydrogens is 279 g/mol. The number of amides is 1. The molecular formula is C7H4F2INO. The molecule has 0 aliphatic heterocycles. The molecule has 0 heterocycles. The van der Waals surface area contributed by atoms with Crippen LogP contribution in [0.15, 0.2) is 12.1 Å². The first kappa shape index (κ1) is 9.37. The Kier molecular flexibility index (Phi) is 2.61. The molecule has 0 atom stereocenters. The standard InChI is InChI=1S/C7H4F2INO/c8-3-1-2-4(9)6(10)5(3)7(11)12/h1-2H,(H2,11,12). The van der Waals surface area contributed by atoms with E-state index in [1.165, 1.54) is 22.6 Å². The van der Waals surface area contributed by atoms with Crippen molar-refractivity contribution >= 4 is 28.5 Å². The molecule has 1 aromatic rings. The summed E-state index contributed by atoms with van der Waals surface area (Å²) < 4.78 is 25.5. The Labute approximate surface area is 80.9 Å². The van der Waals surface area contributed by atoms with Gasteiger partial charge in [-0.2, -0.15) is 0 Å². The van der Waals surface area contributed by atoms with Crippen LogP contribution in [0.5, 0.6) is 0 Å². The normalized spacial score (nSPS) is 9.92. The summed E-state index contributed by atoms with van der Waals surface area (Å²) in [7, 11) is 0. The van der Waals surface area contributed by atoms with Gasteiger partial charge in [0.2, 0.25) is 0 Å². The summed E-state index contributed by atoms with van der Waals surface area (Å²) in [6, 6.07) is 1.82. The zero-order valence-corrected chi connectivity index (χ0v) is 7.93. The quantitative estimate of drug-likeness (QED) is 0.618. The lowest BCUT2D eigenvalue weighted by Crippen LogP contribution is -2.15. The van der Waals surface area contributed by atoms with E-state index in [4.69, 9.17) is 5.73 Å². The van der Waals surface area contributed by atoms with Crippen LogP contribution in [0.3, 0.4) is 0 Å². The molecule has 2 nitrogen and oxygen atoms in total. The van der Waals surface area contributed by atoms with Gasteiger partial charge in [0.05, 0.1) is 9.13 Å². The van der Waals surface area contributed by atoms with E-state index in [9.17, 15) is 13.6 Å². The van der Waals surface area contributed by atoms with Crippen molar-refractivity contribution in [2.75, 3.05) is 0 Å². The van der Waals surface area contributed by atoms with Gasteiger partial charge in [-0.25, -0.2) is 8.78 Å². The number of hydrogen-bond donors (Lipinski definition) is 1. The Hall–Kier alpha value is -0.720. The first-order valence-electron chi connectivity index (χ1n) is 2.97. The van der Waals surface area contributed by atoms with Crippen LogP contribution in [0, 0.1) is 15.2 Å². The van der Waals surface area contributed by atoms with Gasteiger partial charge in [-0.05, 0) is 34.7 Å². The summed E-state index contributed by atoms with van der Waals surface area (Å²) in [5.74, 6) is -2.41. The van der Waals surface area contributed by atoms with E-state index in [1.54, 1.807) is 0 Å². The molecule has 0 fully saturated rings. The summed E-state index contributed by atoms with van der Waals surface area (Å²) in [6.45, 7) is 0. The smallest absolute Gasteiger partial charge is 0.252 e. The third kappa shape index (κ3) is 1.55. The van der Waals surface area contributed by atoms with Crippen LogP contribution in [-0.4, -0.2) is 5.91 Å². The lowest BCUT2D eigenvalue weighted by molar-refractivity contribution is 0.0995. The second kappa shape index (κ2) is 3.34. The zero-order chi connectivity index (χ0) is 9.30. The minimum absolute atomic E-state index is 0.0832. The Morgan fingerprint density at radius 2 is 1.83 bits per heavy atom. The second-order valence-corrected chi connectivity index (χ2v) is 3.16. The van der Waals surface area contributed by atoms with Crippen molar-refractivity contribution in [3.05, 3.63) is 32.9 Å². The van der Waals surface area contributed by atoms with Gasteiger partial charge < -0.3 is 5.73 Å². The molecule has 12 heavy (non-hydrogen) atoms. The van der Waals surface area contributed by atoms with E-state index in [0.717, 1.165) is 12.1 Å². The molecule has 0 aromatic heterocycles. The minimum Gasteiger partial charge on any atom is -0.365 e. The SMILES string of the molecule is NC(=O)c1c(F)ccc(F)c1I. The van der Waals surface area contributed by atoms with Crippen LogP contribution in [0.1, 0.15) is 10.4 Å². The predicted molar refractivity (Wildman–Crippen MR) is 47.6 cm³/mol. The fraction of sp³-hybridized carbons (Fsp3) is 0. The van der Waals surface area contributed by atoms with Crippen LogP contribution >= 0.6 is 22.6 Å². The average Bonchev–Trinajstić information content (AvgIpc) is 1.97. The van der Waals surface area contributed by atoms with Gasteiger partial charge in [-0.15, -0.1) is 0 Å². The van der Waals surface area contributed by atoms with Gasteiger partial charge >= 0.3 is 0 Å². The highest BCUT2D eigenvalue weighted by Gasteiger charge is 2.15. The topological polar surface area (TPSA) is 43.1 Å². The Bertz CT molecular complexity index is 340. The molecule has 1 aromatic carbocycles. The summed E-state index contributed by atoms with van der Waals surface area (Å²) in [5, 5.41) is 0. The summed E-state index contributed by atoms with van der Waals surface area (Å²) in [4.78, 5) is 10.6. The molecule has 64 valence electrons. The van der Waals surface area contributed by atoms with Crippen LogP contribution < -0.4 is 5.73 Å². The first-order valence-corrected chi connectivity index (χ1v) is 4.05. The predicted octanol–water partition coefficient (Wildman–Crippen LogP) is 1.67. The van der Waals surface area contributed by atoms with E-state index in [-0.39, 0.29) is 3.57 Å². The van der Waals surface area contributed by atoms with Crippen molar-refractivity contribution in [2.45, 2.75) is 0 Å². The maximum atomic E-state index is 12.8. The zero-order valence-electron chi connectivity index (χ0n) is 5.77. The number of halogens is 3. The van der Waals surface area contributed by atoms with Gasteiger partial charge in [0, 0.05) is 0 Å². The van der Waals surface area contributed by atoms with E-state index >= 15 is 0 Å². The molecule has 0 spiro atoms. The maximum Gasteiger partial charge on any atom is 0.252 e. The summed E-state index contributed by atoms with van der Waals surface area (Å²) in [6.07, 6.45) is 0. The monoisotopic (exact) mass is 283 g/mol. The minimum atomic E-state index is -0.962. The van der Waals surface area contributed by atoms with Crippen molar-refractivity contribution < 1.29 is 13.6 Å². The van der Waals surface area contributed by atoms with Crippen molar-refractivity contribution in [1.82, 2.24) is 0 Å². The van der Waals surface area contributed by atoms with Crippen molar-refractivity contribution in [3.8, 4) is 0 Å². The lowest BCUT2D eigenvalue weighted by atomic mass is 10.2. The summed E-state index contributed by atoms with van der Waals surface area (Å²) in [5.41, 5.74) is 4.44. The van der Waals surface area contributed by atoms with Crippen LogP contribution in [-0.2, 0) is 0 Å². The van der Waals surface area contributed by atoms with Crippen molar-refractivity contribution in [1.29, 1.82) is 0 Å². The highest BCUT2D eigenvalue weighted by Crippen LogP contribution is 2.18. The van der Waals surface area contributed by atoms with Crippen molar-refractivity contribution in [3.63, 3.8) is 0 Å². The third-order valence-electron chi connectivity index (χ3n) is 1.29. The fourth-order valence-corrected chi connectivity index (χ4v) is 1.46. The van der Waals surface area contributed by atoms with Crippen LogP contribution in [0.2, 0.25) is 0 Å². The first-order chi connectivity index (χ1) is 5.54. The van der Waals surface area contributed by atoms with Crippen LogP contribution in [0.4, 0.5) is 8.78 Å². The number of nitrogens with two attached hydrogens (primary N) is 1. The van der Waals surface area contributed by atoms with E-state index in [2.05, 4.69) is 0 Å². The third-order valence-corrected chi connectivity index (χ3v) is 2.35. The number of benzene rings is 1. The number of primary amides is 1. The Morgan fingerprint density at radius 3 is 2.25 bits per heavy atom. The van der Waals surface area contributed by atoms with E-state index < -0.39 is 23.1 Å². The molecule has 2 N–H and O–H groups in total. The Morgan fingerprint density at radius 1 is 1.33 bits per heavy atom. The second-order valence-electron chi connectivity index (χ2n) is 2.08. The molecule has 1 rings (SSSR count). The van der Waals surface area contributed by atoms with Crippen molar-refractivity contribution in [2.24, 2.45) is 5.73 Å². The van der Waals surface area contributed by atoms with Crippen LogP contribution in [0.25, 0.3) is 0 Å². The summed E-state index contributed by atoms with van der Waals surface area (Å²) >= 11 is 1.53. The highest BCUT2D eigenvalue weighted by atomic mass is 127. The maximum absolute atomic E-state index is 12.8. The van der Waals surface area contributed by atoms with E-state index in [0.29, 0.717) is 0 Å². The van der Waals surface area contributed by atoms with Gasteiger partial charge in [0.25, 0.3) is 5.91 Å². The molecule has 0 unspecified atom stereocenters. The van der Waals surface area contributed by atoms with Gasteiger partial charge in [0.1, 0.15) is 11.6 Å². The lowest BCUT2D eigenvalue weighted by Gasteiger charge is -2.01.